The maximum Gasteiger partial charge on any atom is 0.163 e. The van der Waals surface area contributed by atoms with Crippen LogP contribution >= 0.6 is 0 Å². The van der Waals surface area contributed by atoms with Gasteiger partial charge in [-0.3, -0.25) is 4.79 Å². The molecule has 1 unspecified atom stereocenters. The summed E-state index contributed by atoms with van der Waals surface area (Å²) in [6.45, 7) is 2.57. The van der Waals surface area contributed by atoms with E-state index in [2.05, 4.69) is 0 Å². The van der Waals surface area contributed by atoms with Crippen LogP contribution in [-0.4, -0.2) is 26.5 Å². The first-order valence-electron chi connectivity index (χ1n) is 6.10. The number of hydrogen-bond acceptors (Lipinski definition) is 4. The van der Waals surface area contributed by atoms with Crippen molar-refractivity contribution in [2.75, 3.05) is 20.8 Å². The molecule has 1 atom stereocenters. The fraction of sp³-hybridized carbons (Fsp3) is 0.500. The minimum Gasteiger partial charge on any atom is -0.497 e. The van der Waals surface area contributed by atoms with Crippen LogP contribution in [0, 0.1) is 5.92 Å². The van der Waals surface area contributed by atoms with E-state index in [1.54, 1.807) is 32.4 Å². The van der Waals surface area contributed by atoms with Crippen LogP contribution in [0.25, 0.3) is 0 Å². The lowest BCUT2D eigenvalue weighted by Crippen LogP contribution is -2.17. The van der Waals surface area contributed by atoms with E-state index in [1.165, 1.54) is 0 Å². The average molecular weight is 251 g/mol. The van der Waals surface area contributed by atoms with E-state index in [0.29, 0.717) is 30.0 Å². The number of hydrogen-bond donors (Lipinski definition) is 1. The molecular formula is C14H21NO3. The van der Waals surface area contributed by atoms with Gasteiger partial charge < -0.3 is 15.2 Å². The van der Waals surface area contributed by atoms with Gasteiger partial charge in [-0.15, -0.1) is 0 Å². The highest BCUT2D eigenvalue weighted by Gasteiger charge is 2.14. The summed E-state index contributed by atoms with van der Waals surface area (Å²) in [5.74, 6) is 1.55. The summed E-state index contributed by atoms with van der Waals surface area (Å²) in [6.07, 6.45) is 1.37. The van der Waals surface area contributed by atoms with Crippen molar-refractivity contribution in [1.82, 2.24) is 0 Å². The Morgan fingerprint density at radius 1 is 1.22 bits per heavy atom. The molecule has 0 saturated heterocycles. The fourth-order valence-electron chi connectivity index (χ4n) is 1.74. The molecule has 18 heavy (non-hydrogen) atoms. The van der Waals surface area contributed by atoms with Gasteiger partial charge in [0.2, 0.25) is 0 Å². The number of Topliss-reactive ketones (excluding diaryl/α,β-unsaturated/α-hetero) is 1. The van der Waals surface area contributed by atoms with Crippen LogP contribution in [0.3, 0.4) is 0 Å². The maximum atomic E-state index is 12.1. The third-order valence-electron chi connectivity index (χ3n) is 3.06. The standard InChI is InChI=1S/C14H21NO3/c1-4-10(9-15)5-14(16)11-6-12(17-2)8-13(7-11)18-3/h6-8,10H,4-5,9,15H2,1-3H3. The Morgan fingerprint density at radius 2 is 1.78 bits per heavy atom. The highest BCUT2D eigenvalue weighted by Crippen LogP contribution is 2.24. The van der Waals surface area contributed by atoms with Gasteiger partial charge in [0.25, 0.3) is 0 Å². The van der Waals surface area contributed by atoms with Crippen molar-refractivity contribution >= 4 is 5.78 Å². The zero-order valence-corrected chi connectivity index (χ0v) is 11.2. The molecule has 2 N–H and O–H groups in total. The van der Waals surface area contributed by atoms with E-state index in [-0.39, 0.29) is 11.7 Å². The molecule has 0 heterocycles. The Hall–Kier alpha value is -1.55. The highest BCUT2D eigenvalue weighted by molar-refractivity contribution is 5.97. The first kappa shape index (κ1) is 14.5. The van der Waals surface area contributed by atoms with Crippen LogP contribution in [0.1, 0.15) is 30.1 Å². The summed E-state index contributed by atoms with van der Waals surface area (Å²) >= 11 is 0. The summed E-state index contributed by atoms with van der Waals surface area (Å²) in [6, 6.07) is 5.21. The quantitative estimate of drug-likeness (QED) is 0.755. The van der Waals surface area contributed by atoms with Crippen molar-refractivity contribution < 1.29 is 14.3 Å². The summed E-state index contributed by atoms with van der Waals surface area (Å²) in [4.78, 5) is 12.1. The van der Waals surface area contributed by atoms with Crippen molar-refractivity contribution in [3.63, 3.8) is 0 Å². The van der Waals surface area contributed by atoms with E-state index < -0.39 is 0 Å². The molecule has 4 nitrogen and oxygen atoms in total. The van der Waals surface area contributed by atoms with Gasteiger partial charge in [-0.2, -0.15) is 0 Å². The summed E-state index contributed by atoms with van der Waals surface area (Å²) in [5, 5.41) is 0. The van der Waals surface area contributed by atoms with Crippen LogP contribution < -0.4 is 15.2 Å². The van der Waals surface area contributed by atoms with Crippen molar-refractivity contribution in [2.24, 2.45) is 11.7 Å². The van der Waals surface area contributed by atoms with Crippen LogP contribution in [0.15, 0.2) is 18.2 Å². The molecule has 0 fully saturated rings. The van der Waals surface area contributed by atoms with Gasteiger partial charge in [0.15, 0.2) is 5.78 Å². The van der Waals surface area contributed by atoms with E-state index >= 15 is 0 Å². The van der Waals surface area contributed by atoms with Crippen molar-refractivity contribution in [1.29, 1.82) is 0 Å². The predicted octanol–water partition coefficient (Wildman–Crippen LogP) is 2.26. The lowest BCUT2D eigenvalue weighted by molar-refractivity contribution is 0.0960. The Labute approximate surface area is 108 Å². The first-order valence-corrected chi connectivity index (χ1v) is 6.10. The molecule has 0 spiro atoms. The largest absolute Gasteiger partial charge is 0.497 e. The SMILES string of the molecule is CCC(CN)CC(=O)c1cc(OC)cc(OC)c1. The molecule has 0 saturated carbocycles. The second-order valence-electron chi connectivity index (χ2n) is 4.24. The minimum atomic E-state index is 0.0736. The fourth-order valence-corrected chi connectivity index (χ4v) is 1.74. The number of carbonyl (C=O) groups excluding carboxylic acids is 1. The second-order valence-corrected chi connectivity index (χ2v) is 4.24. The van der Waals surface area contributed by atoms with Crippen molar-refractivity contribution in [2.45, 2.75) is 19.8 Å². The zero-order valence-electron chi connectivity index (χ0n) is 11.2. The smallest absolute Gasteiger partial charge is 0.163 e. The summed E-state index contributed by atoms with van der Waals surface area (Å²) in [7, 11) is 3.13. The number of carbonyl (C=O) groups is 1. The maximum absolute atomic E-state index is 12.1. The normalized spacial score (nSPS) is 12.0. The number of nitrogens with two attached hydrogens (primary N) is 1. The third kappa shape index (κ3) is 3.74. The molecule has 4 heteroatoms. The molecule has 0 amide bonds. The van der Waals surface area contributed by atoms with Crippen LogP contribution in [0.2, 0.25) is 0 Å². The average Bonchev–Trinajstić information content (AvgIpc) is 2.43. The summed E-state index contributed by atoms with van der Waals surface area (Å²) in [5.41, 5.74) is 6.23. The predicted molar refractivity (Wildman–Crippen MR) is 71.3 cm³/mol. The van der Waals surface area contributed by atoms with Crippen LogP contribution in [0.5, 0.6) is 11.5 Å². The van der Waals surface area contributed by atoms with Crippen LogP contribution in [-0.2, 0) is 0 Å². The monoisotopic (exact) mass is 251 g/mol. The molecule has 0 bridgehead atoms. The van der Waals surface area contributed by atoms with Gasteiger partial charge in [-0.1, -0.05) is 13.3 Å². The molecule has 100 valence electrons. The van der Waals surface area contributed by atoms with Gasteiger partial charge in [0.1, 0.15) is 11.5 Å². The number of ketones is 1. The zero-order chi connectivity index (χ0) is 13.5. The van der Waals surface area contributed by atoms with Gasteiger partial charge in [-0.05, 0) is 24.6 Å². The van der Waals surface area contributed by atoms with Gasteiger partial charge in [-0.25, -0.2) is 0 Å². The molecule has 0 radical (unpaired) electrons. The van der Waals surface area contributed by atoms with E-state index in [4.69, 9.17) is 15.2 Å². The topological polar surface area (TPSA) is 61.6 Å². The van der Waals surface area contributed by atoms with Crippen LogP contribution in [0.4, 0.5) is 0 Å². The third-order valence-corrected chi connectivity index (χ3v) is 3.06. The molecule has 1 rings (SSSR count). The number of methoxy groups -OCH3 is 2. The lowest BCUT2D eigenvalue weighted by atomic mass is 9.96. The number of ether oxygens (including phenoxy) is 2. The first-order chi connectivity index (χ1) is 8.64. The van der Waals surface area contributed by atoms with Crippen molar-refractivity contribution in [3.8, 4) is 11.5 Å². The number of benzene rings is 1. The molecule has 0 aliphatic carbocycles. The molecule has 1 aromatic rings. The minimum absolute atomic E-state index is 0.0736. The Kier molecular flexibility index (Phi) is 5.65. The molecule has 1 aromatic carbocycles. The molecule has 0 aromatic heterocycles. The van der Waals surface area contributed by atoms with E-state index in [1.807, 2.05) is 6.92 Å². The lowest BCUT2D eigenvalue weighted by Gasteiger charge is -2.12. The van der Waals surface area contributed by atoms with Gasteiger partial charge in [0, 0.05) is 18.1 Å². The molecular weight excluding hydrogens is 230 g/mol. The summed E-state index contributed by atoms with van der Waals surface area (Å²) < 4.78 is 10.3. The van der Waals surface area contributed by atoms with E-state index in [9.17, 15) is 4.79 Å². The number of rotatable bonds is 7. The van der Waals surface area contributed by atoms with E-state index in [0.717, 1.165) is 6.42 Å². The Balaban J connectivity index is 2.90. The highest BCUT2D eigenvalue weighted by atomic mass is 16.5. The van der Waals surface area contributed by atoms with Gasteiger partial charge in [0.05, 0.1) is 14.2 Å². The Bertz CT molecular complexity index is 378. The van der Waals surface area contributed by atoms with Crippen molar-refractivity contribution in [3.05, 3.63) is 23.8 Å². The molecule has 0 aliphatic rings. The molecule has 0 aliphatic heterocycles. The Morgan fingerprint density at radius 3 is 2.17 bits per heavy atom. The second kappa shape index (κ2) is 7.01. The van der Waals surface area contributed by atoms with Gasteiger partial charge >= 0.3 is 0 Å².